The summed E-state index contributed by atoms with van der Waals surface area (Å²) in [6.45, 7) is 0.613. The fourth-order valence-electron chi connectivity index (χ4n) is 2.22. The highest BCUT2D eigenvalue weighted by Crippen LogP contribution is 2.19. The molecule has 3 rings (SSSR count). The van der Waals surface area contributed by atoms with Gasteiger partial charge in [-0.25, -0.2) is 4.39 Å². The van der Waals surface area contributed by atoms with E-state index in [0.717, 1.165) is 22.0 Å². The van der Waals surface area contributed by atoms with Crippen LogP contribution in [-0.4, -0.2) is 14.7 Å². The number of aliphatic hydroxyl groups excluding tert-OH is 1. The van der Waals surface area contributed by atoms with Crippen molar-refractivity contribution in [2.45, 2.75) is 13.2 Å². The number of fused-ring (bicyclic) bond motifs is 1. The van der Waals surface area contributed by atoms with E-state index in [1.54, 1.807) is 6.20 Å². The lowest BCUT2D eigenvalue weighted by Crippen LogP contribution is -1.99. The second kappa shape index (κ2) is 4.82. The van der Waals surface area contributed by atoms with Gasteiger partial charge in [0.15, 0.2) is 0 Å². The normalized spacial score (nSPS) is 11.1. The second-order valence-electron chi connectivity index (χ2n) is 4.51. The van der Waals surface area contributed by atoms with Crippen LogP contribution in [0.5, 0.6) is 0 Å². The molecule has 0 atom stereocenters. The maximum Gasteiger partial charge on any atom is 0.141 e. The molecule has 1 N–H and O–H groups in total. The van der Waals surface area contributed by atoms with Crippen molar-refractivity contribution in [1.82, 2.24) is 9.55 Å². The van der Waals surface area contributed by atoms with Gasteiger partial charge in [-0.15, -0.1) is 0 Å². The molecule has 0 aliphatic heterocycles. The third-order valence-electron chi connectivity index (χ3n) is 3.13. The molecule has 0 spiro atoms. The summed E-state index contributed by atoms with van der Waals surface area (Å²) in [6, 6.07) is 9.29. The number of nitrogens with zero attached hydrogens (tertiary/aromatic N) is 2. The molecule has 0 unspecified atom stereocenters. The monoisotopic (exact) mass is 256 g/mol. The van der Waals surface area contributed by atoms with Crippen LogP contribution >= 0.6 is 0 Å². The van der Waals surface area contributed by atoms with Crippen LogP contribution in [0.15, 0.2) is 48.9 Å². The molecule has 0 saturated carbocycles. The molecule has 0 aliphatic rings. The molecule has 4 heteroatoms. The fourth-order valence-corrected chi connectivity index (χ4v) is 2.22. The summed E-state index contributed by atoms with van der Waals surface area (Å²) in [5.41, 5.74) is 2.77. The summed E-state index contributed by atoms with van der Waals surface area (Å²) < 4.78 is 15.1. The lowest BCUT2D eigenvalue weighted by atomic mass is 10.2. The first kappa shape index (κ1) is 11.9. The van der Waals surface area contributed by atoms with Crippen molar-refractivity contribution in [3.63, 3.8) is 0 Å². The molecule has 0 fully saturated rings. The predicted molar refractivity (Wildman–Crippen MR) is 71.2 cm³/mol. The van der Waals surface area contributed by atoms with Gasteiger partial charge in [0.1, 0.15) is 5.82 Å². The molecule has 3 aromatic rings. The number of hydrogen-bond donors (Lipinski definition) is 1. The van der Waals surface area contributed by atoms with Crippen LogP contribution in [0.2, 0.25) is 0 Å². The lowest BCUT2D eigenvalue weighted by molar-refractivity contribution is 0.282. The number of rotatable bonds is 3. The third kappa shape index (κ3) is 2.35. The summed E-state index contributed by atoms with van der Waals surface area (Å²) in [6.07, 6.45) is 4.82. The van der Waals surface area contributed by atoms with Crippen LogP contribution in [0.4, 0.5) is 4.39 Å². The first-order valence-corrected chi connectivity index (χ1v) is 6.04. The highest BCUT2D eigenvalue weighted by molar-refractivity contribution is 5.80. The van der Waals surface area contributed by atoms with Gasteiger partial charge in [0.25, 0.3) is 0 Å². The Balaban J connectivity index is 1.97. The Morgan fingerprint density at radius 2 is 2.00 bits per heavy atom. The Morgan fingerprint density at radius 3 is 2.79 bits per heavy atom. The Hall–Kier alpha value is -2.20. The van der Waals surface area contributed by atoms with Crippen molar-refractivity contribution < 1.29 is 9.50 Å². The number of aromatic nitrogens is 2. The van der Waals surface area contributed by atoms with E-state index >= 15 is 0 Å². The van der Waals surface area contributed by atoms with Gasteiger partial charge in [0.05, 0.1) is 12.8 Å². The summed E-state index contributed by atoms with van der Waals surface area (Å²) in [4.78, 5) is 3.85. The first-order chi connectivity index (χ1) is 9.26. The number of benzene rings is 1. The summed E-state index contributed by atoms with van der Waals surface area (Å²) in [7, 11) is 0. The van der Waals surface area contributed by atoms with Gasteiger partial charge in [-0.2, -0.15) is 0 Å². The van der Waals surface area contributed by atoms with Gasteiger partial charge in [-0.1, -0.05) is 6.07 Å². The molecule has 96 valence electrons. The molecule has 19 heavy (non-hydrogen) atoms. The van der Waals surface area contributed by atoms with Crippen molar-refractivity contribution >= 4 is 10.9 Å². The smallest absolute Gasteiger partial charge is 0.141 e. The lowest BCUT2D eigenvalue weighted by Gasteiger charge is -2.06. The van der Waals surface area contributed by atoms with Crippen molar-refractivity contribution in [2.24, 2.45) is 0 Å². The van der Waals surface area contributed by atoms with E-state index in [1.165, 1.54) is 12.3 Å². The topological polar surface area (TPSA) is 38.0 Å². The molecule has 0 amide bonds. The quantitative estimate of drug-likeness (QED) is 0.782. The average Bonchev–Trinajstić information content (AvgIpc) is 2.81. The van der Waals surface area contributed by atoms with Crippen LogP contribution in [0, 0.1) is 5.82 Å². The first-order valence-electron chi connectivity index (χ1n) is 6.04. The highest BCUT2D eigenvalue weighted by atomic mass is 19.1. The number of pyridine rings is 1. The van der Waals surface area contributed by atoms with Crippen molar-refractivity contribution in [3.8, 4) is 0 Å². The zero-order valence-corrected chi connectivity index (χ0v) is 10.3. The Morgan fingerprint density at radius 1 is 1.11 bits per heavy atom. The number of hydrogen-bond acceptors (Lipinski definition) is 2. The van der Waals surface area contributed by atoms with Crippen LogP contribution in [-0.2, 0) is 13.2 Å². The minimum atomic E-state index is -0.323. The van der Waals surface area contributed by atoms with E-state index in [0.29, 0.717) is 6.54 Å². The number of halogens is 1. The summed E-state index contributed by atoms with van der Waals surface area (Å²) in [5.74, 6) is -0.323. The van der Waals surface area contributed by atoms with Crippen molar-refractivity contribution in [1.29, 1.82) is 0 Å². The molecule has 0 aliphatic carbocycles. The zero-order valence-electron chi connectivity index (χ0n) is 10.3. The molecular weight excluding hydrogens is 243 g/mol. The minimum Gasteiger partial charge on any atom is -0.392 e. The Kier molecular flexibility index (Phi) is 3.01. The summed E-state index contributed by atoms with van der Waals surface area (Å²) in [5, 5.41) is 10.2. The zero-order chi connectivity index (χ0) is 13.2. The largest absolute Gasteiger partial charge is 0.392 e. The second-order valence-corrected chi connectivity index (χ2v) is 4.51. The van der Waals surface area contributed by atoms with Crippen LogP contribution in [0.1, 0.15) is 11.1 Å². The minimum absolute atomic E-state index is 0.0366. The molecule has 3 nitrogen and oxygen atoms in total. The van der Waals surface area contributed by atoms with Crippen molar-refractivity contribution in [2.75, 3.05) is 0 Å². The average molecular weight is 256 g/mol. The van der Waals surface area contributed by atoms with E-state index in [9.17, 15) is 4.39 Å². The van der Waals surface area contributed by atoms with E-state index in [4.69, 9.17) is 5.11 Å². The summed E-state index contributed by atoms with van der Waals surface area (Å²) >= 11 is 0. The molecule has 2 heterocycles. The maximum atomic E-state index is 13.1. The molecule has 0 saturated heterocycles. The van der Waals surface area contributed by atoms with Crippen molar-refractivity contribution in [3.05, 3.63) is 65.9 Å². The van der Waals surface area contributed by atoms with Crippen LogP contribution in [0.25, 0.3) is 10.9 Å². The van der Waals surface area contributed by atoms with Gasteiger partial charge in [0, 0.05) is 24.5 Å². The van der Waals surface area contributed by atoms with Gasteiger partial charge < -0.3 is 9.67 Å². The van der Waals surface area contributed by atoms with E-state index in [2.05, 4.69) is 4.98 Å². The third-order valence-corrected chi connectivity index (χ3v) is 3.13. The standard InChI is InChI=1S/C15H13FN2O/c16-14-6-12(7-17-8-14)9-18-4-3-13-5-11(10-19)1-2-15(13)18/h1-8,19H,9-10H2. The molecule has 0 radical (unpaired) electrons. The van der Waals surface area contributed by atoms with Gasteiger partial charge in [0.2, 0.25) is 0 Å². The maximum absolute atomic E-state index is 13.1. The molecular formula is C15H13FN2O. The SMILES string of the molecule is OCc1ccc2c(ccn2Cc2cncc(F)c2)c1. The van der Waals surface area contributed by atoms with E-state index in [-0.39, 0.29) is 12.4 Å². The van der Waals surface area contributed by atoms with Gasteiger partial charge in [-0.05, 0) is 40.8 Å². The Labute approximate surface area is 109 Å². The van der Waals surface area contributed by atoms with Crippen LogP contribution < -0.4 is 0 Å². The molecule has 1 aromatic carbocycles. The van der Waals surface area contributed by atoms with Gasteiger partial charge in [-0.3, -0.25) is 4.98 Å². The fraction of sp³-hybridized carbons (Fsp3) is 0.133. The van der Waals surface area contributed by atoms with E-state index in [1.807, 2.05) is 35.0 Å². The van der Waals surface area contributed by atoms with Crippen LogP contribution in [0.3, 0.4) is 0 Å². The number of aliphatic hydroxyl groups is 1. The Bertz CT molecular complexity index is 721. The highest BCUT2D eigenvalue weighted by Gasteiger charge is 2.04. The predicted octanol–water partition coefficient (Wildman–Crippen LogP) is 2.72. The van der Waals surface area contributed by atoms with E-state index < -0.39 is 0 Å². The molecule has 2 aromatic heterocycles. The van der Waals surface area contributed by atoms with Gasteiger partial charge >= 0.3 is 0 Å². The molecule has 0 bridgehead atoms.